The van der Waals surface area contributed by atoms with Crippen molar-refractivity contribution in [3.05, 3.63) is 83.4 Å². The third-order valence-electron chi connectivity index (χ3n) is 4.19. The Bertz CT molecular complexity index is 1080. The van der Waals surface area contributed by atoms with Crippen LogP contribution >= 0.6 is 0 Å². The smallest absolute Gasteiger partial charge is 0.336 e. The molecule has 0 fully saturated rings. The molecule has 0 aromatic heterocycles. The predicted molar refractivity (Wildman–Crippen MR) is 109 cm³/mol. The van der Waals surface area contributed by atoms with Gasteiger partial charge in [0, 0.05) is 22.5 Å². The second kappa shape index (κ2) is 7.63. The highest BCUT2D eigenvalue weighted by Crippen LogP contribution is 2.29. The van der Waals surface area contributed by atoms with Crippen LogP contribution in [0.3, 0.4) is 0 Å². The molecule has 28 heavy (non-hydrogen) atoms. The van der Waals surface area contributed by atoms with E-state index in [4.69, 9.17) is 16.9 Å². The maximum Gasteiger partial charge on any atom is 0.336 e. The van der Waals surface area contributed by atoms with Gasteiger partial charge in [0.15, 0.2) is 0 Å². The average molecular weight is 374 g/mol. The summed E-state index contributed by atoms with van der Waals surface area (Å²) in [5.74, 6) is -1.58. The number of amidine groups is 1. The van der Waals surface area contributed by atoms with Crippen molar-refractivity contribution >= 4 is 29.1 Å². The van der Waals surface area contributed by atoms with Gasteiger partial charge in [-0.15, -0.1) is 0 Å². The van der Waals surface area contributed by atoms with E-state index in [0.29, 0.717) is 33.6 Å². The monoisotopic (exact) mass is 374 g/mol. The Hall–Kier alpha value is -4.13. The van der Waals surface area contributed by atoms with Gasteiger partial charge in [-0.05, 0) is 53.6 Å². The lowest BCUT2D eigenvalue weighted by molar-refractivity contribution is 0.0697. The number of carboxylic acid groups (broad SMARTS) is 1. The number of nitrogen functional groups attached to an aromatic ring is 2. The zero-order valence-electron chi connectivity index (χ0n) is 14.8. The van der Waals surface area contributed by atoms with Crippen LogP contribution in [0.2, 0.25) is 0 Å². The molecule has 0 saturated carbocycles. The van der Waals surface area contributed by atoms with Crippen molar-refractivity contribution in [2.24, 2.45) is 5.73 Å². The summed E-state index contributed by atoms with van der Waals surface area (Å²) in [5, 5.41) is 19.7. The van der Waals surface area contributed by atoms with Crippen LogP contribution in [0, 0.1) is 5.41 Å². The van der Waals surface area contributed by atoms with Crippen molar-refractivity contribution in [1.29, 1.82) is 5.41 Å². The van der Waals surface area contributed by atoms with Crippen LogP contribution < -0.4 is 16.8 Å². The number of carbonyl (C=O) groups excluding carboxylic acids is 1. The minimum Gasteiger partial charge on any atom is -0.478 e. The largest absolute Gasteiger partial charge is 0.478 e. The molecule has 3 rings (SSSR count). The summed E-state index contributed by atoms with van der Waals surface area (Å²) < 4.78 is 0. The summed E-state index contributed by atoms with van der Waals surface area (Å²) in [4.78, 5) is 24.4. The summed E-state index contributed by atoms with van der Waals surface area (Å²) in [6, 6.07) is 17.8. The number of anilines is 2. The second-order valence-corrected chi connectivity index (χ2v) is 6.10. The van der Waals surface area contributed by atoms with Crippen LogP contribution in [0.4, 0.5) is 11.4 Å². The molecule has 0 spiro atoms. The van der Waals surface area contributed by atoms with Crippen LogP contribution in [0.1, 0.15) is 26.3 Å². The van der Waals surface area contributed by atoms with Gasteiger partial charge in [0.1, 0.15) is 5.84 Å². The molecule has 0 radical (unpaired) electrons. The van der Waals surface area contributed by atoms with E-state index in [1.54, 1.807) is 60.7 Å². The Balaban J connectivity index is 1.98. The highest BCUT2D eigenvalue weighted by atomic mass is 16.4. The second-order valence-electron chi connectivity index (χ2n) is 6.10. The van der Waals surface area contributed by atoms with Crippen LogP contribution in [0.15, 0.2) is 66.7 Å². The van der Waals surface area contributed by atoms with E-state index in [0.717, 1.165) is 0 Å². The number of nitrogens with one attached hydrogen (secondary N) is 2. The lowest BCUT2D eigenvalue weighted by Gasteiger charge is -2.13. The fourth-order valence-corrected chi connectivity index (χ4v) is 2.82. The van der Waals surface area contributed by atoms with Gasteiger partial charge in [-0.1, -0.05) is 24.3 Å². The number of benzene rings is 3. The van der Waals surface area contributed by atoms with Crippen LogP contribution in [0.5, 0.6) is 0 Å². The highest BCUT2D eigenvalue weighted by Gasteiger charge is 2.18. The van der Waals surface area contributed by atoms with E-state index >= 15 is 0 Å². The third kappa shape index (κ3) is 3.83. The number of aromatic carboxylic acids is 1. The molecule has 0 saturated heterocycles. The first kappa shape index (κ1) is 18.7. The Labute approximate surface area is 161 Å². The van der Waals surface area contributed by atoms with Crippen LogP contribution in [0.25, 0.3) is 11.1 Å². The number of rotatable bonds is 5. The third-order valence-corrected chi connectivity index (χ3v) is 4.19. The Kier molecular flexibility index (Phi) is 5.08. The molecule has 140 valence electrons. The van der Waals surface area contributed by atoms with Gasteiger partial charge in [-0.2, -0.15) is 0 Å². The SMILES string of the molecule is N=C(N)c1ccc(NC(=O)c2ccccc2-c2ccc(N)cc2C(=O)O)cc1. The van der Waals surface area contributed by atoms with Gasteiger partial charge in [-0.25, -0.2) is 4.79 Å². The number of hydrogen-bond acceptors (Lipinski definition) is 4. The van der Waals surface area contributed by atoms with Gasteiger partial charge >= 0.3 is 5.97 Å². The van der Waals surface area contributed by atoms with E-state index in [2.05, 4.69) is 5.32 Å². The molecule has 7 nitrogen and oxygen atoms in total. The molecule has 0 atom stereocenters. The summed E-state index contributed by atoms with van der Waals surface area (Å²) in [6.45, 7) is 0. The van der Waals surface area contributed by atoms with Crippen molar-refractivity contribution in [3.63, 3.8) is 0 Å². The molecule has 0 bridgehead atoms. The van der Waals surface area contributed by atoms with Gasteiger partial charge in [0.2, 0.25) is 0 Å². The molecule has 7 N–H and O–H groups in total. The zero-order chi connectivity index (χ0) is 20.3. The summed E-state index contributed by atoms with van der Waals surface area (Å²) >= 11 is 0. The molecule has 0 aliphatic rings. The highest BCUT2D eigenvalue weighted by molar-refractivity contribution is 6.10. The molecule has 3 aromatic carbocycles. The number of amides is 1. The minimum absolute atomic E-state index is 0.0195. The lowest BCUT2D eigenvalue weighted by atomic mass is 9.94. The van der Waals surface area contributed by atoms with E-state index in [1.165, 1.54) is 6.07 Å². The number of carboxylic acids is 1. The van der Waals surface area contributed by atoms with Gasteiger partial charge < -0.3 is 21.9 Å². The maximum atomic E-state index is 12.8. The van der Waals surface area contributed by atoms with E-state index in [1.807, 2.05) is 0 Å². The number of nitrogens with two attached hydrogens (primary N) is 2. The quantitative estimate of drug-likeness (QED) is 0.265. The van der Waals surface area contributed by atoms with Gasteiger partial charge in [0.05, 0.1) is 5.56 Å². The van der Waals surface area contributed by atoms with E-state index in [-0.39, 0.29) is 17.3 Å². The maximum absolute atomic E-state index is 12.8. The van der Waals surface area contributed by atoms with Crippen LogP contribution in [-0.2, 0) is 0 Å². The van der Waals surface area contributed by atoms with E-state index < -0.39 is 5.97 Å². The molecule has 0 aliphatic heterocycles. The predicted octanol–water partition coefficient (Wildman–Crippen LogP) is 3.17. The van der Waals surface area contributed by atoms with E-state index in [9.17, 15) is 14.7 Å². The number of hydrogen-bond donors (Lipinski definition) is 5. The molecule has 1 amide bonds. The summed E-state index contributed by atoms with van der Waals surface area (Å²) in [6.07, 6.45) is 0. The fraction of sp³-hybridized carbons (Fsp3) is 0. The molecule has 0 heterocycles. The standard InChI is InChI=1S/C21H18N4O3/c22-13-7-10-16(18(11-13)21(27)28)15-3-1-2-4-17(15)20(26)25-14-8-5-12(6-9-14)19(23)24/h1-11H,22H2,(H3,23,24)(H,25,26)(H,27,28). The van der Waals surface area contributed by atoms with Crippen molar-refractivity contribution in [2.75, 3.05) is 11.1 Å². The minimum atomic E-state index is -1.13. The Morgan fingerprint density at radius 1 is 0.893 bits per heavy atom. The topological polar surface area (TPSA) is 142 Å². The average Bonchev–Trinajstić information content (AvgIpc) is 2.68. The molecule has 7 heteroatoms. The molecular formula is C21H18N4O3. The first-order valence-corrected chi connectivity index (χ1v) is 8.35. The fourth-order valence-electron chi connectivity index (χ4n) is 2.82. The van der Waals surface area contributed by atoms with Crippen molar-refractivity contribution in [3.8, 4) is 11.1 Å². The Morgan fingerprint density at radius 3 is 2.18 bits per heavy atom. The van der Waals surface area contributed by atoms with Crippen molar-refractivity contribution in [2.45, 2.75) is 0 Å². The van der Waals surface area contributed by atoms with Gasteiger partial charge in [-0.3, -0.25) is 10.2 Å². The number of carbonyl (C=O) groups is 2. The summed E-state index contributed by atoms with van der Waals surface area (Å²) in [7, 11) is 0. The molecular weight excluding hydrogens is 356 g/mol. The first-order chi connectivity index (χ1) is 13.4. The molecule has 3 aromatic rings. The van der Waals surface area contributed by atoms with Gasteiger partial charge in [0.25, 0.3) is 5.91 Å². The normalized spacial score (nSPS) is 10.3. The first-order valence-electron chi connectivity index (χ1n) is 8.35. The van der Waals surface area contributed by atoms with Crippen molar-refractivity contribution < 1.29 is 14.7 Å². The summed E-state index contributed by atoms with van der Waals surface area (Å²) in [5.41, 5.74) is 13.8. The molecule has 0 aliphatic carbocycles. The lowest BCUT2D eigenvalue weighted by Crippen LogP contribution is -2.14. The zero-order valence-corrected chi connectivity index (χ0v) is 14.8. The Morgan fingerprint density at radius 2 is 1.54 bits per heavy atom. The van der Waals surface area contributed by atoms with Crippen LogP contribution in [-0.4, -0.2) is 22.8 Å². The van der Waals surface area contributed by atoms with Crippen molar-refractivity contribution in [1.82, 2.24) is 0 Å². The molecule has 0 unspecified atom stereocenters.